The molecule has 2 heterocycles. The van der Waals surface area contributed by atoms with E-state index in [2.05, 4.69) is 39.0 Å². The fourth-order valence-corrected chi connectivity index (χ4v) is 2.11. The smallest absolute Gasteiger partial charge is 0.330 e. The average molecular weight is 331 g/mol. The van der Waals surface area contributed by atoms with Crippen LogP contribution < -0.4 is 5.32 Å². The Labute approximate surface area is 139 Å². The molecule has 24 heavy (non-hydrogen) atoms. The summed E-state index contributed by atoms with van der Waals surface area (Å²) >= 11 is 0. The summed E-state index contributed by atoms with van der Waals surface area (Å²) in [5.41, 5.74) is 1.02. The first-order valence-electron chi connectivity index (χ1n) is 7.73. The molecule has 0 saturated heterocycles. The summed E-state index contributed by atoms with van der Waals surface area (Å²) in [6.45, 7) is 4.42. The van der Waals surface area contributed by atoms with Gasteiger partial charge in [0.1, 0.15) is 0 Å². The van der Waals surface area contributed by atoms with Crippen molar-refractivity contribution in [2.45, 2.75) is 32.6 Å². The quantitative estimate of drug-likeness (QED) is 0.601. The van der Waals surface area contributed by atoms with Gasteiger partial charge < -0.3 is 10.1 Å². The second kappa shape index (κ2) is 8.19. The van der Waals surface area contributed by atoms with Crippen LogP contribution in [-0.2, 0) is 20.7 Å². The van der Waals surface area contributed by atoms with Crippen molar-refractivity contribution in [2.75, 3.05) is 13.7 Å². The highest BCUT2D eigenvalue weighted by molar-refractivity contribution is 5.82. The van der Waals surface area contributed by atoms with Gasteiger partial charge in [0.2, 0.25) is 5.91 Å². The Morgan fingerprint density at radius 1 is 1.42 bits per heavy atom. The van der Waals surface area contributed by atoms with E-state index in [1.54, 1.807) is 10.7 Å². The Morgan fingerprint density at radius 2 is 2.21 bits per heavy atom. The van der Waals surface area contributed by atoms with Crippen LogP contribution in [0.2, 0.25) is 0 Å². The standard InChI is InChI=1S/C16H21N5O3/c1-11(2)12-8-10-18-16-19-13(20-21(12)16)6-7-14(22)17-9-4-5-15(23)24-3/h4-5,8,10-11H,6-7,9H2,1-3H3,(H,17,22)/b5-4+. The molecular weight excluding hydrogens is 310 g/mol. The maximum Gasteiger partial charge on any atom is 0.330 e. The highest BCUT2D eigenvalue weighted by atomic mass is 16.5. The van der Waals surface area contributed by atoms with Crippen molar-refractivity contribution in [3.63, 3.8) is 0 Å². The van der Waals surface area contributed by atoms with E-state index in [9.17, 15) is 9.59 Å². The molecule has 0 fully saturated rings. The number of nitrogens with zero attached hydrogens (tertiary/aromatic N) is 4. The summed E-state index contributed by atoms with van der Waals surface area (Å²) in [6, 6.07) is 1.91. The molecule has 0 aliphatic heterocycles. The van der Waals surface area contributed by atoms with Crippen LogP contribution in [0.1, 0.15) is 37.7 Å². The zero-order chi connectivity index (χ0) is 17.5. The SMILES string of the molecule is COC(=O)/C=C/CNC(=O)CCc1nc2nccc(C(C)C)n2n1. The van der Waals surface area contributed by atoms with Crippen LogP contribution in [0, 0.1) is 0 Å². The van der Waals surface area contributed by atoms with E-state index in [1.807, 2.05) is 6.07 Å². The van der Waals surface area contributed by atoms with Gasteiger partial charge in [-0.3, -0.25) is 4.79 Å². The predicted molar refractivity (Wildman–Crippen MR) is 87.4 cm³/mol. The molecule has 8 nitrogen and oxygen atoms in total. The first-order chi connectivity index (χ1) is 11.5. The molecule has 0 atom stereocenters. The van der Waals surface area contributed by atoms with Crippen LogP contribution in [0.3, 0.4) is 0 Å². The van der Waals surface area contributed by atoms with E-state index in [1.165, 1.54) is 19.3 Å². The number of amides is 1. The van der Waals surface area contributed by atoms with Crippen molar-refractivity contribution in [1.82, 2.24) is 24.9 Å². The van der Waals surface area contributed by atoms with Gasteiger partial charge >= 0.3 is 5.97 Å². The number of ether oxygens (including phenoxy) is 1. The number of rotatable bonds is 7. The lowest BCUT2D eigenvalue weighted by atomic mass is 10.1. The number of methoxy groups -OCH3 is 1. The third-order valence-electron chi connectivity index (χ3n) is 3.35. The van der Waals surface area contributed by atoms with E-state index in [-0.39, 0.29) is 18.9 Å². The highest BCUT2D eigenvalue weighted by Crippen LogP contribution is 2.14. The number of aryl methyl sites for hydroxylation is 1. The van der Waals surface area contributed by atoms with Gasteiger partial charge in [0.25, 0.3) is 5.78 Å². The molecule has 8 heteroatoms. The van der Waals surface area contributed by atoms with Crippen molar-refractivity contribution in [3.8, 4) is 0 Å². The second-order valence-corrected chi connectivity index (χ2v) is 5.49. The van der Waals surface area contributed by atoms with Crippen LogP contribution in [0.25, 0.3) is 5.78 Å². The number of esters is 1. The molecule has 0 aromatic carbocycles. The molecule has 0 bridgehead atoms. The number of hydrogen-bond acceptors (Lipinski definition) is 6. The van der Waals surface area contributed by atoms with E-state index >= 15 is 0 Å². The monoisotopic (exact) mass is 331 g/mol. The third kappa shape index (κ3) is 4.61. The van der Waals surface area contributed by atoms with Crippen molar-refractivity contribution < 1.29 is 14.3 Å². The van der Waals surface area contributed by atoms with Crippen LogP contribution in [0.4, 0.5) is 0 Å². The molecule has 128 valence electrons. The van der Waals surface area contributed by atoms with Gasteiger partial charge in [-0.05, 0) is 12.0 Å². The Bertz CT molecular complexity index is 751. The normalized spacial score (nSPS) is 11.3. The molecule has 2 rings (SSSR count). The number of carbonyl (C=O) groups is 2. The molecular formula is C16H21N5O3. The van der Waals surface area contributed by atoms with Gasteiger partial charge in [-0.2, -0.15) is 4.98 Å². The maximum absolute atomic E-state index is 11.8. The van der Waals surface area contributed by atoms with Crippen molar-refractivity contribution in [1.29, 1.82) is 0 Å². The van der Waals surface area contributed by atoms with Gasteiger partial charge in [0, 0.05) is 31.7 Å². The molecule has 0 aliphatic rings. The zero-order valence-electron chi connectivity index (χ0n) is 14.0. The maximum atomic E-state index is 11.8. The largest absolute Gasteiger partial charge is 0.466 e. The van der Waals surface area contributed by atoms with Gasteiger partial charge in [-0.15, -0.1) is 5.10 Å². The summed E-state index contributed by atoms with van der Waals surface area (Å²) in [6.07, 6.45) is 5.20. The number of aromatic nitrogens is 4. The molecule has 0 aliphatic carbocycles. The minimum atomic E-state index is -0.452. The molecule has 2 aromatic rings. The van der Waals surface area contributed by atoms with Crippen molar-refractivity contribution in [2.24, 2.45) is 0 Å². The highest BCUT2D eigenvalue weighted by Gasteiger charge is 2.11. The fraction of sp³-hybridized carbons (Fsp3) is 0.438. The van der Waals surface area contributed by atoms with Crippen molar-refractivity contribution in [3.05, 3.63) is 35.9 Å². The third-order valence-corrected chi connectivity index (χ3v) is 3.35. The fourth-order valence-electron chi connectivity index (χ4n) is 2.11. The first-order valence-corrected chi connectivity index (χ1v) is 7.73. The molecule has 0 spiro atoms. The average Bonchev–Trinajstić information content (AvgIpc) is 2.99. The number of hydrogen-bond donors (Lipinski definition) is 1. The molecule has 0 unspecified atom stereocenters. The Balaban J connectivity index is 1.89. The van der Waals surface area contributed by atoms with Gasteiger partial charge in [-0.25, -0.2) is 14.3 Å². The Morgan fingerprint density at radius 3 is 2.92 bits per heavy atom. The molecule has 0 radical (unpaired) electrons. The summed E-state index contributed by atoms with van der Waals surface area (Å²) in [4.78, 5) is 31.2. The lowest BCUT2D eigenvalue weighted by Gasteiger charge is -2.05. The summed E-state index contributed by atoms with van der Waals surface area (Å²) in [5.74, 6) is 0.829. The predicted octanol–water partition coefficient (Wildman–Crippen LogP) is 1.03. The zero-order valence-corrected chi connectivity index (χ0v) is 14.0. The van der Waals surface area contributed by atoms with Gasteiger partial charge in [-0.1, -0.05) is 19.9 Å². The Kier molecular flexibility index (Phi) is 6.00. The Hall–Kier alpha value is -2.77. The molecule has 0 saturated carbocycles. The summed E-state index contributed by atoms with van der Waals surface area (Å²) in [7, 11) is 1.30. The van der Waals surface area contributed by atoms with Crippen LogP contribution >= 0.6 is 0 Å². The lowest BCUT2D eigenvalue weighted by Crippen LogP contribution is -2.23. The van der Waals surface area contributed by atoms with E-state index in [4.69, 9.17) is 0 Å². The summed E-state index contributed by atoms with van der Waals surface area (Å²) < 4.78 is 6.17. The minimum Gasteiger partial charge on any atom is -0.466 e. The van der Waals surface area contributed by atoms with Crippen LogP contribution in [-0.4, -0.2) is 45.1 Å². The molecule has 2 aromatic heterocycles. The van der Waals surface area contributed by atoms with Crippen LogP contribution in [0.5, 0.6) is 0 Å². The topological polar surface area (TPSA) is 98.5 Å². The number of nitrogens with one attached hydrogen (secondary N) is 1. The number of fused-ring (bicyclic) bond motifs is 1. The van der Waals surface area contributed by atoms with Crippen molar-refractivity contribution >= 4 is 17.7 Å². The molecule has 1 N–H and O–H groups in total. The minimum absolute atomic E-state index is 0.139. The lowest BCUT2D eigenvalue weighted by molar-refractivity contribution is -0.134. The van der Waals surface area contributed by atoms with Crippen LogP contribution in [0.15, 0.2) is 24.4 Å². The molecule has 1 amide bonds. The second-order valence-electron chi connectivity index (χ2n) is 5.49. The van der Waals surface area contributed by atoms with E-state index < -0.39 is 5.97 Å². The summed E-state index contributed by atoms with van der Waals surface area (Å²) in [5, 5.41) is 7.11. The van der Waals surface area contributed by atoms with E-state index in [0.29, 0.717) is 23.9 Å². The number of carbonyl (C=O) groups excluding carboxylic acids is 2. The van der Waals surface area contributed by atoms with E-state index in [0.717, 1.165) is 5.69 Å². The van der Waals surface area contributed by atoms with Gasteiger partial charge in [0.05, 0.1) is 12.8 Å². The first kappa shape index (κ1) is 17.6. The van der Waals surface area contributed by atoms with Gasteiger partial charge in [0.15, 0.2) is 5.82 Å².